The predicted molar refractivity (Wildman–Crippen MR) is 73.5 cm³/mol. The molecule has 0 bridgehead atoms. The molecule has 110 valence electrons. The van der Waals surface area contributed by atoms with Crippen molar-refractivity contribution in [3.8, 4) is 0 Å². The third-order valence-electron chi connectivity index (χ3n) is 2.63. The Balaban J connectivity index is 2.53. The van der Waals surface area contributed by atoms with E-state index >= 15 is 0 Å². The van der Waals surface area contributed by atoms with E-state index in [1.165, 1.54) is 12.3 Å². The summed E-state index contributed by atoms with van der Waals surface area (Å²) >= 11 is 5.67. The van der Waals surface area contributed by atoms with Gasteiger partial charge in [-0.1, -0.05) is 17.7 Å². The van der Waals surface area contributed by atoms with Gasteiger partial charge in [0.05, 0.1) is 17.0 Å². The van der Waals surface area contributed by atoms with Crippen LogP contribution in [0.4, 0.5) is 4.39 Å². The number of rotatable bonds is 4. The first-order chi connectivity index (χ1) is 9.81. The zero-order valence-electron chi connectivity index (χ0n) is 10.5. The molecule has 0 unspecified atom stereocenters. The van der Waals surface area contributed by atoms with Gasteiger partial charge in [-0.3, -0.25) is 4.98 Å². The second-order valence-electron chi connectivity index (χ2n) is 4.15. The van der Waals surface area contributed by atoms with Crippen molar-refractivity contribution in [1.82, 2.24) is 4.98 Å². The molecule has 0 atom stereocenters. The first-order valence-electron chi connectivity index (χ1n) is 5.66. The standard InChI is InChI=1S/C13H9ClFNO4S/c14-8-5-10(13(17)18)12(15)11(6-8)21(19,20)7-9-3-1-2-4-16-9/h1-6H,7H2,(H,17,18). The van der Waals surface area contributed by atoms with Crippen LogP contribution in [0, 0.1) is 5.82 Å². The lowest BCUT2D eigenvalue weighted by Gasteiger charge is -2.08. The quantitative estimate of drug-likeness (QED) is 0.931. The lowest BCUT2D eigenvalue weighted by Crippen LogP contribution is -2.12. The van der Waals surface area contributed by atoms with Crippen molar-refractivity contribution in [3.05, 3.63) is 58.6 Å². The molecule has 1 N–H and O–H groups in total. The molecule has 0 radical (unpaired) electrons. The minimum Gasteiger partial charge on any atom is -0.478 e. The monoisotopic (exact) mass is 329 g/mol. The summed E-state index contributed by atoms with van der Waals surface area (Å²) in [5, 5.41) is 8.69. The van der Waals surface area contributed by atoms with Gasteiger partial charge in [0.2, 0.25) is 0 Å². The summed E-state index contributed by atoms with van der Waals surface area (Å²) in [5.41, 5.74) is -0.573. The predicted octanol–water partition coefficient (Wildman–Crippen LogP) is 2.55. The van der Waals surface area contributed by atoms with E-state index in [4.69, 9.17) is 16.7 Å². The molecule has 2 rings (SSSR count). The maximum absolute atomic E-state index is 14.1. The molecule has 1 aromatic heterocycles. The number of hydrogen-bond acceptors (Lipinski definition) is 4. The molecule has 1 aromatic carbocycles. The van der Waals surface area contributed by atoms with E-state index in [0.29, 0.717) is 0 Å². The second-order valence-corrected chi connectivity index (χ2v) is 6.55. The highest BCUT2D eigenvalue weighted by Gasteiger charge is 2.25. The Morgan fingerprint density at radius 3 is 2.62 bits per heavy atom. The third-order valence-corrected chi connectivity index (χ3v) is 4.49. The fourth-order valence-corrected chi connectivity index (χ4v) is 3.39. The van der Waals surface area contributed by atoms with E-state index in [-0.39, 0.29) is 10.7 Å². The van der Waals surface area contributed by atoms with Gasteiger partial charge in [0, 0.05) is 11.2 Å². The minimum atomic E-state index is -4.11. The van der Waals surface area contributed by atoms with Crippen LogP contribution in [0.25, 0.3) is 0 Å². The molecular weight excluding hydrogens is 321 g/mol. The van der Waals surface area contributed by atoms with Gasteiger partial charge in [0.1, 0.15) is 4.90 Å². The van der Waals surface area contributed by atoms with Crippen LogP contribution in [0.2, 0.25) is 5.02 Å². The first-order valence-corrected chi connectivity index (χ1v) is 7.69. The van der Waals surface area contributed by atoms with Crippen molar-refractivity contribution >= 4 is 27.4 Å². The molecule has 1 heterocycles. The van der Waals surface area contributed by atoms with Crippen LogP contribution < -0.4 is 0 Å². The molecule has 0 aliphatic carbocycles. The fraction of sp³-hybridized carbons (Fsp3) is 0.0769. The van der Waals surface area contributed by atoms with Gasteiger partial charge in [-0.25, -0.2) is 17.6 Å². The molecule has 21 heavy (non-hydrogen) atoms. The molecule has 0 spiro atoms. The van der Waals surface area contributed by atoms with Crippen molar-refractivity contribution in [2.75, 3.05) is 0 Å². The van der Waals surface area contributed by atoms with Crippen LogP contribution in [-0.2, 0) is 15.6 Å². The Labute approximate surface area is 124 Å². The molecular formula is C13H9ClFNO4S. The van der Waals surface area contributed by atoms with Crippen LogP contribution >= 0.6 is 11.6 Å². The van der Waals surface area contributed by atoms with E-state index in [2.05, 4.69) is 4.98 Å². The molecule has 0 aliphatic heterocycles. The van der Waals surface area contributed by atoms with Crippen LogP contribution in [0.15, 0.2) is 41.4 Å². The Morgan fingerprint density at radius 1 is 1.33 bits per heavy atom. The minimum absolute atomic E-state index is 0.173. The smallest absolute Gasteiger partial charge is 0.338 e. The number of sulfone groups is 1. The van der Waals surface area contributed by atoms with Crippen molar-refractivity contribution < 1.29 is 22.7 Å². The largest absolute Gasteiger partial charge is 0.478 e. The van der Waals surface area contributed by atoms with Gasteiger partial charge in [0.25, 0.3) is 0 Å². The average molecular weight is 330 g/mol. The van der Waals surface area contributed by atoms with Crippen molar-refractivity contribution in [3.63, 3.8) is 0 Å². The molecule has 0 aliphatic rings. The number of nitrogens with zero attached hydrogens (tertiary/aromatic N) is 1. The summed E-state index contributed by atoms with van der Waals surface area (Å²) in [6.45, 7) is 0. The Bertz CT molecular complexity index is 793. The second kappa shape index (κ2) is 5.79. The molecule has 0 saturated heterocycles. The number of carbonyl (C=O) groups is 1. The number of aromatic nitrogens is 1. The highest BCUT2D eigenvalue weighted by atomic mass is 35.5. The van der Waals surface area contributed by atoms with Gasteiger partial charge in [-0.05, 0) is 24.3 Å². The van der Waals surface area contributed by atoms with Crippen molar-refractivity contribution in [1.29, 1.82) is 0 Å². The van der Waals surface area contributed by atoms with Crippen LogP contribution in [0.5, 0.6) is 0 Å². The normalized spacial score (nSPS) is 11.3. The molecule has 2 aromatic rings. The summed E-state index contributed by atoms with van der Waals surface area (Å²) in [6, 6.07) is 6.42. The number of halogens is 2. The van der Waals surface area contributed by atoms with Crippen molar-refractivity contribution in [2.45, 2.75) is 10.6 Å². The molecule has 0 amide bonds. The summed E-state index contributed by atoms with van der Waals surface area (Å²) < 4.78 is 38.5. The first kappa shape index (κ1) is 15.4. The highest BCUT2D eigenvalue weighted by molar-refractivity contribution is 7.90. The lowest BCUT2D eigenvalue weighted by molar-refractivity contribution is 0.0691. The number of pyridine rings is 1. The average Bonchev–Trinajstić information content (AvgIpc) is 2.41. The molecule has 5 nitrogen and oxygen atoms in total. The highest BCUT2D eigenvalue weighted by Crippen LogP contribution is 2.26. The van der Waals surface area contributed by atoms with Gasteiger partial charge in [-0.15, -0.1) is 0 Å². The van der Waals surface area contributed by atoms with E-state index in [0.717, 1.165) is 12.1 Å². The van der Waals surface area contributed by atoms with E-state index in [9.17, 15) is 17.6 Å². The van der Waals surface area contributed by atoms with Crippen LogP contribution in [0.3, 0.4) is 0 Å². The summed E-state index contributed by atoms with van der Waals surface area (Å²) in [5.74, 6) is -3.48. The summed E-state index contributed by atoms with van der Waals surface area (Å²) in [7, 11) is -4.11. The van der Waals surface area contributed by atoms with Crippen LogP contribution in [0.1, 0.15) is 16.1 Å². The number of carboxylic acids is 1. The zero-order chi connectivity index (χ0) is 15.6. The van der Waals surface area contributed by atoms with E-state index < -0.39 is 37.8 Å². The number of hydrogen-bond donors (Lipinski definition) is 1. The number of benzene rings is 1. The maximum atomic E-state index is 14.1. The van der Waals surface area contributed by atoms with Gasteiger partial charge < -0.3 is 5.11 Å². The Morgan fingerprint density at radius 2 is 2.05 bits per heavy atom. The Kier molecular flexibility index (Phi) is 4.24. The number of carboxylic acid groups (broad SMARTS) is 1. The van der Waals surface area contributed by atoms with Crippen LogP contribution in [-0.4, -0.2) is 24.5 Å². The SMILES string of the molecule is O=C(O)c1cc(Cl)cc(S(=O)(=O)Cc2ccccn2)c1F. The fourth-order valence-electron chi connectivity index (χ4n) is 1.70. The Hall–Kier alpha value is -1.99. The maximum Gasteiger partial charge on any atom is 0.338 e. The zero-order valence-corrected chi connectivity index (χ0v) is 12.0. The topological polar surface area (TPSA) is 84.3 Å². The molecule has 0 fully saturated rings. The lowest BCUT2D eigenvalue weighted by atomic mass is 10.2. The van der Waals surface area contributed by atoms with Gasteiger partial charge in [0.15, 0.2) is 15.7 Å². The molecule has 0 saturated carbocycles. The van der Waals surface area contributed by atoms with Gasteiger partial charge in [-0.2, -0.15) is 0 Å². The summed E-state index contributed by atoms with van der Waals surface area (Å²) in [4.78, 5) is 14.0. The van der Waals surface area contributed by atoms with Gasteiger partial charge >= 0.3 is 5.97 Å². The van der Waals surface area contributed by atoms with E-state index in [1.54, 1.807) is 12.1 Å². The third kappa shape index (κ3) is 3.37. The van der Waals surface area contributed by atoms with E-state index in [1.807, 2.05) is 0 Å². The van der Waals surface area contributed by atoms with Crippen molar-refractivity contribution in [2.24, 2.45) is 0 Å². The summed E-state index contributed by atoms with van der Waals surface area (Å²) in [6.07, 6.45) is 1.40. The number of aromatic carboxylic acids is 1. The molecule has 8 heteroatoms.